The molecule has 0 radical (unpaired) electrons. The molecule has 1 aromatic carbocycles. The van der Waals surface area contributed by atoms with Crippen molar-refractivity contribution < 1.29 is 4.39 Å². The van der Waals surface area contributed by atoms with E-state index in [0.29, 0.717) is 11.6 Å². The van der Waals surface area contributed by atoms with Gasteiger partial charge >= 0.3 is 0 Å². The van der Waals surface area contributed by atoms with Crippen LogP contribution in [0.1, 0.15) is 32.3 Å². The van der Waals surface area contributed by atoms with Gasteiger partial charge in [0.05, 0.1) is 0 Å². The lowest BCUT2D eigenvalue weighted by molar-refractivity contribution is 0.377. The minimum atomic E-state index is -0.328. The van der Waals surface area contributed by atoms with Crippen LogP contribution in [0.2, 0.25) is 0 Å². The summed E-state index contributed by atoms with van der Waals surface area (Å²) in [7, 11) is 0. The minimum absolute atomic E-state index is 0.111. The normalized spacial score (nSPS) is 24.1. The molecule has 1 saturated heterocycles. The maximum absolute atomic E-state index is 13.9. The lowest BCUT2D eigenvalue weighted by atomic mass is 9.93. The number of hydrogen-bond acceptors (Lipinski definition) is 2. The van der Waals surface area contributed by atoms with E-state index in [1.165, 1.54) is 0 Å². The standard InChI is InChI=1S/C14H19FN2S/c1-9-5-6-17(10(2)7-9)11-3-4-12(14(16)18)13(15)8-11/h3-4,8-10H,5-7H2,1-2H3,(H2,16,18). The second-order valence-electron chi connectivity index (χ2n) is 5.20. The van der Waals surface area contributed by atoms with Crippen molar-refractivity contribution in [3.05, 3.63) is 29.6 Å². The van der Waals surface area contributed by atoms with Gasteiger partial charge in [-0.25, -0.2) is 4.39 Å². The molecule has 1 heterocycles. The van der Waals surface area contributed by atoms with E-state index < -0.39 is 0 Å². The van der Waals surface area contributed by atoms with E-state index in [1.54, 1.807) is 12.1 Å². The lowest BCUT2D eigenvalue weighted by Crippen LogP contribution is -2.40. The number of piperidine rings is 1. The monoisotopic (exact) mass is 266 g/mol. The van der Waals surface area contributed by atoms with Crippen LogP contribution in [0.4, 0.5) is 10.1 Å². The van der Waals surface area contributed by atoms with E-state index in [1.807, 2.05) is 6.07 Å². The maximum Gasteiger partial charge on any atom is 0.135 e. The molecule has 1 aliphatic rings. The number of nitrogens with two attached hydrogens (primary N) is 1. The van der Waals surface area contributed by atoms with Crippen molar-refractivity contribution >= 4 is 22.9 Å². The molecule has 1 fully saturated rings. The van der Waals surface area contributed by atoms with Crippen LogP contribution in [-0.4, -0.2) is 17.6 Å². The van der Waals surface area contributed by atoms with Gasteiger partial charge in [0.15, 0.2) is 0 Å². The molecular formula is C14H19FN2S. The maximum atomic E-state index is 13.9. The van der Waals surface area contributed by atoms with Gasteiger partial charge < -0.3 is 10.6 Å². The van der Waals surface area contributed by atoms with Crippen molar-refractivity contribution in [2.24, 2.45) is 11.7 Å². The molecule has 1 aromatic rings. The Bertz CT molecular complexity index is 461. The summed E-state index contributed by atoms with van der Waals surface area (Å²) < 4.78 is 13.9. The van der Waals surface area contributed by atoms with E-state index in [9.17, 15) is 4.39 Å². The van der Waals surface area contributed by atoms with Gasteiger partial charge in [-0.2, -0.15) is 0 Å². The number of hydrogen-bond donors (Lipinski definition) is 1. The quantitative estimate of drug-likeness (QED) is 0.834. The molecule has 2 nitrogen and oxygen atoms in total. The Morgan fingerprint density at radius 1 is 1.44 bits per heavy atom. The van der Waals surface area contributed by atoms with Crippen LogP contribution in [0.15, 0.2) is 18.2 Å². The lowest BCUT2D eigenvalue weighted by Gasteiger charge is -2.38. The first-order chi connectivity index (χ1) is 8.49. The number of benzene rings is 1. The number of anilines is 1. The van der Waals surface area contributed by atoms with Crippen molar-refractivity contribution in [2.45, 2.75) is 32.7 Å². The number of nitrogens with zero attached hydrogens (tertiary/aromatic N) is 1. The molecule has 0 aliphatic carbocycles. The van der Waals surface area contributed by atoms with Crippen molar-refractivity contribution in [3.8, 4) is 0 Å². The van der Waals surface area contributed by atoms with Crippen molar-refractivity contribution in [2.75, 3.05) is 11.4 Å². The van der Waals surface area contributed by atoms with Gasteiger partial charge in [0.1, 0.15) is 10.8 Å². The zero-order chi connectivity index (χ0) is 13.3. The van der Waals surface area contributed by atoms with Gasteiger partial charge in [-0.3, -0.25) is 0 Å². The first-order valence-electron chi connectivity index (χ1n) is 6.35. The molecule has 2 rings (SSSR count). The van der Waals surface area contributed by atoms with Gasteiger partial charge in [-0.15, -0.1) is 0 Å². The molecule has 0 saturated carbocycles. The van der Waals surface area contributed by atoms with Gasteiger partial charge in [0.2, 0.25) is 0 Å². The Labute approximate surface area is 113 Å². The summed E-state index contributed by atoms with van der Waals surface area (Å²) in [6.07, 6.45) is 2.31. The smallest absolute Gasteiger partial charge is 0.135 e. The van der Waals surface area contributed by atoms with E-state index in [2.05, 4.69) is 18.7 Å². The predicted molar refractivity (Wildman–Crippen MR) is 77.5 cm³/mol. The van der Waals surface area contributed by atoms with Crippen LogP contribution in [0.3, 0.4) is 0 Å². The second kappa shape index (κ2) is 5.22. The highest BCUT2D eigenvalue weighted by molar-refractivity contribution is 7.80. The fourth-order valence-electron chi connectivity index (χ4n) is 2.67. The summed E-state index contributed by atoms with van der Waals surface area (Å²) in [5.74, 6) is 0.419. The Balaban J connectivity index is 2.24. The number of rotatable bonds is 2. The summed E-state index contributed by atoms with van der Waals surface area (Å²) in [5, 5.41) is 0. The summed E-state index contributed by atoms with van der Waals surface area (Å²) in [6.45, 7) is 5.44. The predicted octanol–water partition coefficient (Wildman–Crippen LogP) is 3.08. The number of thiocarbonyl (C=S) groups is 1. The third-order valence-corrected chi connectivity index (χ3v) is 3.91. The average molecular weight is 266 g/mol. The highest BCUT2D eigenvalue weighted by Gasteiger charge is 2.23. The third-order valence-electron chi connectivity index (χ3n) is 3.69. The minimum Gasteiger partial charge on any atom is -0.389 e. The molecule has 1 aliphatic heterocycles. The summed E-state index contributed by atoms with van der Waals surface area (Å²) >= 11 is 4.81. The topological polar surface area (TPSA) is 29.3 Å². The van der Waals surface area contributed by atoms with E-state index in [-0.39, 0.29) is 10.8 Å². The van der Waals surface area contributed by atoms with E-state index >= 15 is 0 Å². The third kappa shape index (κ3) is 2.64. The SMILES string of the molecule is CC1CCN(c2ccc(C(N)=S)c(F)c2)C(C)C1. The van der Waals surface area contributed by atoms with Crippen LogP contribution in [0, 0.1) is 11.7 Å². The van der Waals surface area contributed by atoms with E-state index in [4.69, 9.17) is 18.0 Å². The molecule has 2 N–H and O–H groups in total. The molecule has 0 aromatic heterocycles. The number of halogens is 1. The Kier molecular flexibility index (Phi) is 3.85. The molecule has 4 heteroatoms. The second-order valence-corrected chi connectivity index (χ2v) is 5.64. The summed E-state index contributed by atoms with van der Waals surface area (Å²) in [4.78, 5) is 2.37. The Morgan fingerprint density at radius 3 is 2.72 bits per heavy atom. The fourth-order valence-corrected chi connectivity index (χ4v) is 2.84. The molecule has 2 atom stereocenters. The highest BCUT2D eigenvalue weighted by Crippen LogP contribution is 2.28. The van der Waals surface area contributed by atoms with Crippen molar-refractivity contribution in [1.82, 2.24) is 0 Å². The zero-order valence-electron chi connectivity index (χ0n) is 10.8. The van der Waals surface area contributed by atoms with Crippen LogP contribution < -0.4 is 10.6 Å². The molecule has 0 bridgehead atoms. The Morgan fingerprint density at radius 2 is 2.17 bits per heavy atom. The fraction of sp³-hybridized carbons (Fsp3) is 0.500. The van der Waals surface area contributed by atoms with Crippen LogP contribution in [0.25, 0.3) is 0 Å². The van der Waals surface area contributed by atoms with Crippen molar-refractivity contribution in [1.29, 1.82) is 0 Å². The van der Waals surface area contributed by atoms with Gasteiger partial charge in [0, 0.05) is 23.8 Å². The van der Waals surface area contributed by atoms with Gasteiger partial charge in [-0.05, 0) is 43.9 Å². The van der Waals surface area contributed by atoms with Crippen LogP contribution in [-0.2, 0) is 0 Å². The summed E-state index contributed by atoms with van der Waals surface area (Å²) in [5.41, 5.74) is 6.72. The molecule has 0 spiro atoms. The van der Waals surface area contributed by atoms with Crippen molar-refractivity contribution in [3.63, 3.8) is 0 Å². The molecule has 0 amide bonds. The van der Waals surface area contributed by atoms with Gasteiger partial charge in [0.25, 0.3) is 0 Å². The van der Waals surface area contributed by atoms with E-state index in [0.717, 1.165) is 31.0 Å². The molecule has 18 heavy (non-hydrogen) atoms. The first-order valence-corrected chi connectivity index (χ1v) is 6.76. The molecule has 98 valence electrons. The Hall–Kier alpha value is -1.16. The molecule has 2 unspecified atom stereocenters. The first kappa shape index (κ1) is 13.3. The summed E-state index contributed by atoms with van der Waals surface area (Å²) in [6, 6.07) is 5.58. The molecular weight excluding hydrogens is 247 g/mol. The average Bonchev–Trinajstić information content (AvgIpc) is 2.28. The zero-order valence-corrected chi connectivity index (χ0v) is 11.6. The van der Waals surface area contributed by atoms with Gasteiger partial charge in [-0.1, -0.05) is 19.1 Å². The van der Waals surface area contributed by atoms with Crippen LogP contribution in [0.5, 0.6) is 0 Å². The largest absolute Gasteiger partial charge is 0.389 e. The highest BCUT2D eigenvalue weighted by atomic mass is 32.1. The van der Waals surface area contributed by atoms with Crippen LogP contribution >= 0.6 is 12.2 Å².